The maximum absolute atomic E-state index is 11.2. The van der Waals surface area contributed by atoms with Crippen LogP contribution in [-0.4, -0.2) is 49.2 Å². The Kier molecular flexibility index (Phi) is 2.02. The number of carbonyl (C=O) groups excluding carboxylic acids is 1. The predicted molar refractivity (Wildman–Crippen MR) is 43.8 cm³/mol. The zero-order valence-corrected chi connectivity index (χ0v) is 7.25. The third kappa shape index (κ3) is 1.21. The number of nitrogens with one attached hydrogen (secondary N) is 1. The lowest BCUT2D eigenvalue weighted by molar-refractivity contribution is -0.140. The summed E-state index contributed by atoms with van der Waals surface area (Å²) in [5.41, 5.74) is 0. The SMILES string of the molecule is CC(=O)N1CCO[C@@H]2CNC[C@H]21. The minimum Gasteiger partial charge on any atom is -0.373 e. The summed E-state index contributed by atoms with van der Waals surface area (Å²) in [5.74, 6) is 0.164. The highest BCUT2D eigenvalue weighted by Gasteiger charge is 2.36. The molecule has 12 heavy (non-hydrogen) atoms. The van der Waals surface area contributed by atoms with Crippen LogP contribution >= 0.6 is 0 Å². The van der Waals surface area contributed by atoms with Gasteiger partial charge in [0.15, 0.2) is 0 Å². The van der Waals surface area contributed by atoms with E-state index in [-0.39, 0.29) is 18.1 Å². The first kappa shape index (κ1) is 8.01. The number of carbonyl (C=O) groups is 1. The van der Waals surface area contributed by atoms with E-state index >= 15 is 0 Å². The van der Waals surface area contributed by atoms with Crippen molar-refractivity contribution < 1.29 is 9.53 Å². The number of fused-ring (bicyclic) bond motifs is 1. The summed E-state index contributed by atoms with van der Waals surface area (Å²) >= 11 is 0. The van der Waals surface area contributed by atoms with E-state index in [1.165, 1.54) is 0 Å². The van der Waals surface area contributed by atoms with Crippen molar-refractivity contribution in [3.8, 4) is 0 Å². The summed E-state index contributed by atoms with van der Waals surface area (Å²) < 4.78 is 5.53. The van der Waals surface area contributed by atoms with Gasteiger partial charge in [-0.25, -0.2) is 0 Å². The topological polar surface area (TPSA) is 41.6 Å². The quantitative estimate of drug-likeness (QED) is 0.518. The molecule has 2 aliphatic heterocycles. The molecule has 2 rings (SSSR count). The van der Waals surface area contributed by atoms with E-state index in [1.807, 2.05) is 4.90 Å². The summed E-state index contributed by atoms with van der Waals surface area (Å²) in [6.07, 6.45) is 0.225. The van der Waals surface area contributed by atoms with E-state index in [0.29, 0.717) is 6.61 Å². The first-order valence-corrected chi connectivity index (χ1v) is 4.38. The lowest BCUT2D eigenvalue weighted by Crippen LogP contribution is -2.52. The smallest absolute Gasteiger partial charge is 0.219 e. The fourth-order valence-corrected chi connectivity index (χ4v) is 1.98. The van der Waals surface area contributed by atoms with Gasteiger partial charge in [0.05, 0.1) is 18.8 Å². The normalized spacial score (nSPS) is 34.9. The zero-order valence-electron chi connectivity index (χ0n) is 7.25. The molecule has 0 aliphatic carbocycles. The highest BCUT2D eigenvalue weighted by atomic mass is 16.5. The Labute approximate surface area is 71.9 Å². The van der Waals surface area contributed by atoms with Crippen LogP contribution in [0.2, 0.25) is 0 Å². The largest absolute Gasteiger partial charge is 0.373 e. The van der Waals surface area contributed by atoms with Crippen LogP contribution in [0, 0.1) is 0 Å². The van der Waals surface area contributed by atoms with Crippen molar-refractivity contribution in [3.63, 3.8) is 0 Å². The van der Waals surface area contributed by atoms with E-state index in [4.69, 9.17) is 4.74 Å². The molecule has 0 saturated carbocycles. The second-order valence-electron chi connectivity index (χ2n) is 3.35. The maximum Gasteiger partial charge on any atom is 0.219 e. The average molecular weight is 170 g/mol. The standard InChI is InChI=1S/C8H14N2O2/c1-6(11)10-2-3-12-8-5-9-4-7(8)10/h7-9H,2-5H2,1H3/t7-,8-/m1/s1. The number of rotatable bonds is 0. The van der Waals surface area contributed by atoms with Gasteiger partial charge < -0.3 is 15.0 Å². The lowest BCUT2D eigenvalue weighted by atomic mass is 10.1. The molecular weight excluding hydrogens is 156 g/mol. The number of ether oxygens (including phenoxy) is 1. The van der Waals surface area contributed by atoms with Crippen molar-refractivity contribution >= 4 is 5.91 Å². The molecule has 0 aromatic carbocycles. The molecule has 4 nitrogen and oxygen atoms in total. The Morgan fingerprint density at radius 2 is 2.42 bits per heavy atom. The molecule has 2 heterocycles. The molecule has 0 aromatic heterocycles. The predicted octanol–water partition coefficient (Wildman–Crippen LogP) is -0.794. The third-order valence-corrected chi connectivity index (χ3v) is 2.60. The van der Waals surface area contributed by atoms with Gasteiger partial charge >= 0.3 is 0 Å². The van der Waals surface area contributed by atoms with E-state index in [2.05, 4.69) is 5.32 Å². The van der Waals surface area contributed by atoms with Gasteiger partial charge in [0.2, 0.25) is 5.91 Å². The summed E-state index contributed by atoms with van der Waals surface area (Å²) in [7, 11) is 0. The summed E-state index contributed by atoms with van der Waals surface area (Å²) in [4.78, 5) is 13.1. The number of hydrogen-bond acceptors (Lipinski definition) is 3. The van der Waals surface area contributed by atoms with Gasteiger partial charge in [0, 0.05) is 26.6 Å². The van der Waals surface area contributed by atoms with Gasteiger partial charge in [0.25, 0.3) is 0 Å². The van der Waals surface area contributed by atoms with Crippen LogP contribution in [0.5, 0.6) is 0 Å². The van der Waals surface area contributed by atoms with Crippen molar-refractivity contribution in [3.05, 3.63) is 0 Å². The van der Waals surface area contributed by atoms with Crippen LogP contribution < -0.4 is 5.32 Å². The number of amides is 1. The molecule has 0 aromatic rings. The van der Waals surface area contributed by atoms with Gasteiger partial charge in [-0.3, -0.25) is 4.79 Å². The number of hydrogen-bond donors (Lipinski definition) is 1. The number of nitrogens with zero attached hydrogens (tertiary/aromatic N) is 1. The Morgan fingerprint density at radius 1 is 1.58 bits per heavy atom. The van der Waals surface area contributed by atoms with Crippen molar-refractivity contribution in [2.45, 2.75) is 19.1 Å². The van der Waals surface area contributed by atoms with Crippen molar-refractivity contribution in [2.24, 2.45) is 0 Å². The van der Waals surface area contributed by atoms with Crippen molar-refractivity contribution in [1.82, 2.24) is 10.2 Å². The lowest BCUT2D eigenvalue weighted by Gasteiger charge is -2.36. The second-order valence-corrected chi connectivity index (χ2v) is 3.35. The first-order valence-electron chi connectivity index (χ1n) is 4.38. The average Bonchev–Trinajstić information content (AvgIpc) is 2.49. The molecule has 2 aliphatic rings. The van der Waals surface area contributed by atoms with Crippen molar-refractivity contribution in [2.75, 3.05) is 26.2 Å². The Morgan fingerprint density at radius 3 is 3.17 bits per heavy atom. The summed E-state index contributed by atoms with van der Waals surface area (Å²) in [6, 6.07) is 0.274. The van der Waals surface area contributed by atoms with E-state index in [0.717, 1.165) is 19.6 Å². The maximum atomic E-state index is 11.2. The highest BCUT2D eigenvalue weighted by molar-refractivity contribution is 5.73. The van der Waals surface area contributed by atoms with Crippen LogP contribution in [0.1, 0.15) is 6.92 Å². The Balaban J connectivity index is 2.08. The molecule has 2 atom stereocenters. The molecule has 0 unspecified atom stereocenters. The van der Waals surface area contributed by atoms with Crippen LogP contribution in [0.4, 0.5) is 0 Å². The Bertz CT molecular complexity index is 195. The van der Waals surface area contributed by atoms with Crippen LogP contribution in [0.25, 0.3) is 0 Å². The van der Waals surface area contributed by atoms with Gasteiger partial charge in [-0.15, -0.1) is 0 Å². The summed E-state index contributed by atoms with van der Waals surface area (Å²) in [6.45, 7) is 4.82. The molecule has 1 amide bonds. The minimum atomic E-state index is 0.164. The monoisotopic (exact) mass is 170 g/mol. The molecule has 2 saturated heterocycles. The number of morpholine rings is 1. The molecule has 4 heteroatoms. The van der Waals surface area contributed by atoms with E-state index in [1.54, 1.807) is 6.92 Å². The fourth-order valence-electron chi connectivity index (χ4n) is 1.98. The molecule has 0 spiro atoms. The Hall–Kier alpha value is -0.610. The summed E-state index contributed by atoms with van der Waals surface area (Å²) in [5, 5.41) is 3.23. The third-order valence-electron chi connectivity index (χ3n) is 2.60. The highest BCUT2D eigenvalue weighted by Crippen LogP contribution is 2.17. The molecule has 68 valence electrons. The van der Waals surface area contributed by atoms with Gasteiger partial charge in [-0.05, 0) is 0 Å². The fraction of sp³-hybridized carbons (Fsp3) is 0.875. The minimum absolute atomic E-state index is 0.164. The molecule has 2 fully saturated rings. The van der Waals surface area contributed by atoms with E-state index < -0.39 is 0 Å². The van der Waals surface area contributed by atoms with Crippen LogP contribution in [0.15, 0.2) is 0 Å². The van der Waals surface area contributed by atoms with E-state index in [9.17, 15) is 4.79 Å². The zero-order chi connectivity index (χ0) is 8.55. The molecular formula is C8H14N2O2. The van der Waals surface area contributed by atoms with Gasteiger partial charge in [0.1, 0.15) is 0 Å². The molecule has 0 radical (unpaired) electrons. The van der Waals surface area contributed by atoms with Crippen LogP contribution in [0.3, 0.4) is 0 Å². The van der Waals surface area contributed by atoms with Gasteiger partial charge in [-0.1, -0.05) is 0 Å². The molecule has 0 bridgehead atoms. The van der Waals surface area contributed by atoms with Crippen LogP contribution in [-0.2, 0) is 9.53 Å². The van der Waals surface area contributed by atoms with Gasteiger partial charge in [-0.2, -0.15) is 0 Å². The first-order chi connectivity index (χ1) is 5.79. The molecule has 1 N–H and O–H groups in total. The second kappa shape index (κ2) is 3.03. The van der Waals surface area contributed by atoms with Crippen molar-refractivity contribution in [1.29, 1.82) is 0 Å².